The Kier molecular flexibility index (Phi) is 5.05. The Hall–Kier alpha value is -3.42. The van der Waals surface area contributed by atoms with Gasteiger partial charge in [0.2, 0.25) is 18.7 Å². The van der Waals surface area contributed by atoms with Crippen LogP contribution in [0.1, 0.15) is 47.7 Å². The maximum Gasteiger partial charge on any atom is 0.408 e. The van der Waals surface area contributed by atoms with Gasteiger partial charge in [-0.3, -0.25) is 4.79 Å². The first kappa shape index (κ1) is 19.5. The number of carbonyl (C=O) groups excluding carboxylic acids is 2. The maximum absolute atomic E-state index is 13.3. The van der Waals surface area contributed by atoms with Gasteiger partial charge in [-0.25, -0.2) is 4.79 Å². The molecular formula is C23H23NO7. The van der Waals surface area contributed by atoms with Crippen LogP contribution in [0.25, 0.3) is 0 Å². The van der Waals surface area contributed by atoms with E-state index in [1.54, 1.807) is 43.5 Å². The summed E-state index contributed by atoms with van der Waals surface area (Å²) in [4.78, 5) is 25.9. The third-order valence-electron chi connectivity index (χ3n) is 5.88. The molecule has 0 bridgehead atoms. The van der Waals surface area contributed by atoms with Gasteiger partial charge in [-0.1, -0.05) is 18.9 Å². The molecule has 5 rings (SSSR count). The molecule has 2 aromatic carbocycles. The highest BCUT2D eigenvalue weighted by molar-refractivity contribution is 6.04. The molecule has 1 unspecified atom stereocenters. The lowest BCUT2D eigenvalue weighted by Crippen LogP contribution is -2.43. The number of ether oxygens (including phenoxy) is 5. The highest BCUT2D eigenvalue weighted by atomic mass is 16.7. The molecule has 8 nitrogen and oxygen atoms in total. The number of carbonyl (C=O) groups is 2. The summed E-state index contributed by atoms with van der Waals surface area (Å²) in [5.41, 5.74) is 0.987. The smallest absolute Gasteiger partial charge is 0.408 e. The summed E-state index contributed by atoms with van der Waals surface area (Å²) in [6.45, 7) is 0.132. The quantitative estimate of drug-likeness (QED) is 0.797. The summed E-state index contributed by atoms with van der Waals surface area (Å²) in [6, 6.07) is 10.3. The number of nitrogens with one attached hydrogen (secondary N) is 1. The summed E-state index contributed by atoms with van der Waals surface area (Å²) in [5.74, 6) is 1.79. The predicted molar refractivity (Wildman–Crippen MR) is 109 cm³/mol. The zero-order valence-electron chi connectivity index (χ0n) is 17.1. The molecule has 1 amide bonds. The fraction of sp³-hybridized carbons (Fsp3) is 0.391. The number of ketones is 1. The summed E-state index contributed by atoms with van der Waals surface area (Å²) in [6.07, 6.45) is 1.39. The Morgan fingerprint density at radius 2 is 1.84 bits per heavy atom. The lowest BCUT2D eigenvalue weighted by Gasteiger charge is -2.32. The largest absolute Gasteiger partial charge is 0.497 e. The first-order valence-electron chi connectivity index (χ1n) is 10.4. The van der Waals surface area contributed by atoms with Crippen LogP contribution in [-0.4, -0.2) is 37.9 Å². The number of benzene rings is 2. The SMILES string of the molecule is COc1ccc2c(c1)O[C@@H](c1ccc3c(c1)OCO3)C(OC(=O)NC1CCCC1)C2=O. The van der Waals surface area contributed by atoms with E-state index in [4.69, 9.17) is 23.7 Å². The Bertz CT molecular complexity index is 1010. The Labute approximate surface area is 179 Å². The van der Waals surface area contributed by atoms with Gasteiger partial charge in [-0.05, 0) is 37.1 Å². The second-order valence-electron chi connectivity index (χ2n) is 7.83. The minimum absolute atomic E-state index is 0.0765. The van der Waals surface area contributed by atoms with Crippen LogP contribution in [0, 0.1) is 0 Å². The molecule has 3 aliphatic rings. The van der Waals surface area contributed by atoms with E-state index in [2.05, 4.69) is 5.32 Å². The van der Waals surface area contributed by atoms with Gasteiger partial charge < -0.3 is 29.0 Å². The number of rotatable bonds is 4. The predicted octanol–water partition coefficient (Wildman–Crippen LogP) is 3.78. The molecule has 1 N–H and O–H groups in total. The Morgan fingerprint density at radius 1 is 1.03 bits per heavy atom. The zero-order valence-corrected chi connectivity index (χ0v) is 17.1. The van der Waals surface area contributed by atoms with Crippen molar-refractivity contribution in [2.24, 2.45) is 0 Å². The topological polar surface area (TPSA) is 92.3 Å². The van der Waals surface area contributed by atoms with Gasteiger partial charge >= 0.3 is 6.09 Å². The van der Waals surface area contributed by atoms with Crippen molar-refractivity contribution in [1.82, 2.24) is 5.32 Å². The Morgan fingerprint density at radius 3 is 2.65 bits per heavy atom. The minimum Gasteiger partial charge on any atom is -0.497 e. The van der Waals surface area contributed by atoms with Crippen molar-refractivity contribution in [3.8, 4) is 23.0 Å². The molecule has 1 fully saturated rings. The maximum atomic E-state index is 13.3. The van der Waals surface area contributed by atoms with Gasteiger partial charge in [0.15, 0.2) is 17.6 Å². The number of alkyl carbamates (subject to hydrolysis) is 1. The minimum atomic E-state index is -1.14. The molecule has 1 aliphatic carbocycles. The molecule has 2 atom stereocenters. The van der Waals surface area contributed by atoms with Crippen molar-refractivity contribution in [2.75, 3.05) is 13.9 Å². The summed E-state index contributed by atoms with van der Waals surface area (Å²) in [7, 11) is 1.54. The Balaban J connectivity index is 1.46. The van der Waals surface area contributed by atoms with E-state index >= 15 is 0 Å². The first-order valence-corrected chi connectivity index (χ1v) is 10.4. The fourth-order valence-corrected chi connectivity index (χ4v) is 4.25. The van der Waals surface area contributed by atoms with Crippen LogP contribution in [0.5, 0.6) is 23.0 Å². The summed E-state index contributed by atoms with van der Waals surface area (Å²) >= 11 is 0. The van der Waals surface area contributed by atoms with Gasteiger partial charge in [-0.15, -0.1) is 0 Å². The second-order valence-corrected chi connectivity index (χ2v) is 7.83. The van der Waals surface area contributed by atoms with Gasteiger partial charge in [0.25, 0.3) is 0 Å². The molecule has 162 valence electrons. The van der Waals surface area contributed by atoms with Crippen molar-refractivity contribution in [3.63, 3.8) is 0 Å². The third-order valence-corrected chi connectivity index (χ3v) is 5.88. The molecule has 2 aromatic rings. The highest BCUT2D eigenvalue weighted by Crippen LogP contribution is 2.41. The normalized spacial score (nSPS) is 21.9. The van der Waals surface area contributed by atoms with Crippen molar-refractivity contribution < 1.29 is 33.3 Å². The average Bonchev–Trinajstić information content (AvgIpc) is 3.46. The van der Waals surface area contributed by atoms with E-state index in [1.165, 1.54) is 0 Å². The third kappa shape index (κ3) is 3.73. The molecule has 2 heterocycles. The van der Waals surface area contributed by atoms with E-state index in [0.717, 1.165) is 25.7 Å². The van der Waals surface area contributed by atoms with Gasteiger partial charge in [0, 0.05) is 17.7 Å². The van der Waals surface area contributed by atoms with Crippen LogP contribution >= 0.6 is 0 Å². The molecule has 0 radical (unpaired) electrons. The number of amides is 1. The van der Waals surface area contributed by atoms with Crippen LogP contribution in [0.2, 0.25) is 0 Å². The average molecular weight is 425 g/mol. The number of methoxy groups -OCH3 is 1. The van der Waals surface area contributed by atoms with Crippen LogP contribution in [0.15, 0.2) is 36.4 Å². The number of hydrogen-bond acceptors (Lipinski definition) is 7. The fourth-order valence-electron chi connectivity index (χ4n) is 4.25. The number of Topliss-reactive ketones (excluding diaryl/α,β-unsaturated/α-hetero) is 1. The van der Waals surface area contributed by atoms with Crippen LogP contribution in [-0.2, 0) is 4.74 Å². The van der Waals surface area contributed by atoms with E-state index in [0.29, 0.717) is 34.1 Å². The molecular weight excluding hydrogens is 402 g/mol. The van der Waals surface area contributed by atoms with Gasteiger partial charge in [0.1, 0.15) is 11.5 Å². The molecule has 1 saturated carbocycles. The second kappa shape index (κ2) is 8.02. The molecule has 0 spiro atoms. The molecule has 31 heavy (non-hydrogen) atoms. The molecule has 2 aliphatic heterocycles. The van der Waals surface area contributed by atoms with Crippen molar-refractivity contribution in [2.45, 2.75) is 43.9 Å². The monoisotopic (exact) mass is 425 g/mol. The van der Waals surface area contributed by atoms with E-state index in [1.807, 2.05) is 0 Å². The molecule has 0 saturated heterocycles. The zero-order chi connectivity index (χ0) is 21.4. The molecule has 8 heteroatoms. The first-order chi connectivity index (χ1) is 15.1. The summed E-state index contributed by atoms with van der Waals surface area (Å²) in [5, 5.41) is 2.87. The van der Waals surface area contributed by atoms with Gasteiger partial charge in [0.05, 0.1) is 12.7 Å². The van der Waals surface area contributed by atoms with E-state index in [-0.39, 0.29) is 18.6 Å². The van der Waals surface area contributed by atoms with E-state index in [9.17, 15) is 9.59 Å². The molecule has 0 aromatic heterocycles. The van der Waals surface area contributed by atoms with Gasteiger partial charge in [-0.2, -0.15) is 0 Å². The van der Waals surface area contributed by atoms with Crippen LogP contribution in [0.4, 0.5) is 4.79 Å². The van der Waals surface area contributed by atoms with Crippen molar-refractivity contribution >= 4 is 11.9 Å². The number of fused-ring (bicyclic) bond motifs is 2. The standard InChI is InChI=1S/C23H23NO7/c1-27-15-7-8-16-18(11-15)30-21(13-6-9-17-19(10-13)29-12-28-17)22(20(16)25)31-23(26)24-14-4-2-3-5-14/h6-11,14,21-22H,2-5,12H2,1H3,(H,24,26)/t21-,22?/m0/s1. The van der Waals surface area contributed by atoms with Crippen LogP contribution < -0.4 is 24.3 Å². The summed E-state index contributed by atoms with van der Waals surface area (Å²) < 4.78 is 27.9. The van der Waals surface area contributed by atoms with Crippen molar-refractivity contribution in [3.05, 3.63) is 47.5 Å². The lowest BCUT2D eigenvalue weighted by molar-refractivity contribution is 0.00817. The highest BCUT2D eigenvalue weighted by Gasteiger charge is 2.42. The van der Waals surface area contributed by atoms with E-state index < -0.39 is 18.3 Å². The van der Waals surface area contributed by atoms with Crippen molar-refractivity contribution in [1.29, 1.82) is 0 Å². The van der Waals surface area contributed by atoms with Crippen LogP contribution in [0.3, 0.4) is 0 Å². The number of hydrogen-bond donors (Lipinski definition) is 1. The lowest BCUT2D eigenvalue weighted by atomic mass is 9.93.